The molecular weight excluding hydrogens is 246 g/mol. The van der Waals surface area contributed by atoms with Crippen LogP contribution in [-0.4, -0.2) is 39.5 Å². The van der Waals surface area contributed by atoms with Gasteiger partial charge in [-0.3, -0.25) is 0 Å². The first-order valence-electron chi connectivity index (χ1n) is 6.52. The van der Waals surface area contributed by atoms with Crippen LogP contribution >= 0.6 is 11.8 Å². The van der Waals surface area contributed by atoms with Crippen molar-refractivity contribution in [3.05, 3.63) is 18.5 Å². The second-order valence-corrected chi connectivity index (χ2v) is 5.37. The average Bonchev–Trinajstić information content (AvgIpc) is 2.43. The van der Waals surface area contributed by atoms with Crippen LogP contribution in [0.4, 0.5) is 0 Å². The van der Waals surface area contributed by atoms with Crippen molar-refractivity contribution in [1.82, 2.24) is 15.3 Å². The highest BCUT2D eigenvalue weighted by Crippen LogP contribution is 2.20. The highest BCUT2D eigenvalue weighted by Gasteiger charge is 2.25. The van der Waals surface area contributed by atoms with Crippen molar-refractivity contribution in [1.29, 1.82) is 0 Å². The van der Waals surface area contributed by atoms with Gasteiger partial charge in [0.1, 0.15) is 0 Å². The summed E-state index contributed by atoms with van der Waals surface area (Å²) < 4.78 is 0. The molecule has 1 atom stereocenters. The van der Waals surface area contributed by atoms with Crippen LogP contribution in [0.5, 0.6) is 0 Å². The third-order valence-corrected chi connectivity index (χ3v) is 4.07. The van der Waals surface area contributed by atoms with Crippen molar-refractivity contribution < 1.29 is 5.11 Å². The molecule has 0 aliphatic heterocycles. The second-order valence-electron chi connectivity index (χ2n) is 4.31. The van der Waals surface area contributed by atoms with Gasteiger partial charge in [-0.05, 0) is 31.9 Å². The van der Waals surface area contributed by atoms with Crippen LogP contribution in [0, 0.1) is 0 Å². The summed E-state index contributed by atoms with van der Waals surface area (Å²) in [5.74, 6) is 0.983. The van der Waals surface area contributed by atoms with Gasteiger partial charge >= 0.3 is 0 Å². The molecule has 0 amide bonds. The topological polar surface area (TPSA) is 58.0 Å². The summed E-state index contributed by atoms with van der Waals surface area (Å²) in [7, 11) is 0. The molecule has 1 heterocycles. The number of hydrogen-bond donors (Lipinski definition) is 2. The lowest BCUT2D eigenvalue weighted by Crippen LogP contribution is -2.48. The predicted molar refractivity (Wildman–Crippen MR) is 75.8 cm³/mol. The third-order valence-electron chi connectivity index (χ3n) is 3.10. The molecule has 0 aliphatic carbocycles. The van der Waals surface area contributed by atoms with Crippen molar-refractivity contribution in [2.45, 2.75) is 43.8 Å². The first-order valence-corrected chi connectivity index (χ1v) is 7.50. The lowest BCUT2D eigenvalue weighted by atomic mass is 9.91. The fourth-order valence-corrected chi connectivity index (χ4v) is 2.69. The van der Waals surface area contributed by atoms with Gasteiger partial charge < -0.3 is 10.4 Å². The van der Waals surface area contributed by atoms with E-state index < -0.39 is 0 Å². The van der Waals surface area contributed by atoms with Gasteiger partial charge in [0.25, 0.3) is 0 Å². The molecule has 0 bridgehead atoms. The van der Waals surface area contributed by atoms with Crippen molar-refractivity contribution in [3.8, 4) is 0 Å². The van der Waals surface area contributed by atoms with Gasteiger partial charge in [0.05, 0.1) is 6.61 Å². The standard InChI is InChI=1S/C13H23N3OS/c1-3-13(11-17,16-4-2)7-5-10-18-12-14-8-6-9-15-12/h6,8-9,16-17H,3-5,7,10-11H2,1-2H3. The number of rotatable bonds is 9. The molecular formula is C13H23N3OS. The van der Waals surface area contributed by atoms with Gasteiger partial charge in [-0.2, -0.15) is 0 Å². The van der Waals surface area contributed by atoms with Gasteiger partial charge in [0.2, 0.25) is 0 Å². The van der Waals surface area contributed by atoms with Crippen LogP contribution in [0.15, 0.2) is 23.6 Å². The van der Waals surface area contributed by atoms with Crippen molar-refractivity contribution >= 4 is 11.8 Å². The van der Waals surface area contributed by atoms with Crippen LogP contribution < -0.4 is 5.32 Å². The molecule has 1 aromatic rings. The van der Waals surface area contributed by atoms with E-state index in [4.69, 9.17) is 0 Å². The van der Waals surface area contributed by atoms with Gasteiger partial charge in [-0.25, -0.2) is 9.97 Å². The lowest BCUT2D eigenvalue weighted by Gasteiger charge is -2.31. The molecule has 1 unspecified atom stereocenters. The summed E-state index contributed by atoms with van der Waals surface area (Å²) >= 11 is 1.67. The molecule has 0 spiro atoms. The maximum Gasteiger partial charge on any atom is 0.187 e. The number of thioether (sulfide) groups is 1. The second kappa shape index (κ2) is 8.45. The van der Waals surface area contributed by atoms with E-state index in [1.807, 2.05) is 6.07 Å². The van der Waals surface area contributed by atoms with Crippen molar-refractivity contribution in [2.24, 2.45) is 0 Å². The van der Waals surface area contributed by atoms with E-state index in [9.17, 15) is 5.11 Å². The summed E-state index contributed by atoms with van der Waals surface area (Å²) in [6.07, 6.45) is 6.50. The Kier molecular flexibility index (Phi) is 7.23. The Balaban J connectivity index is 2.31. The number of hydrogen-bond acceptors (Lipinski definition) is 5. The smallest absolute Gasteiger partial charge is 0.187 e. The van der Waals surface area contributed by atoms with Crippen molar-refractivity contribution in [2.75, 3.05) is 18.9 Å². The number of nitrogens with one attached hydrogen (secondary N) is 1. The first-order chi connectivity index (χ1) is 8.76. The van der Waals surface area contributed by atoms with E-state index in [0.717, 1.165) is 36.7 Å². The molecule has 18 heavy (non-hydrogen) atoms. The van der Waals surface area contributed by atoms with E-state index in [0.29, 0.717) is 0 Å². The van der Waals surface area contributed by atoms with Crippen LogP contribution in [-0.2, 0) is 0 Å². The summed E-state index contributed by atoms with van der Waals surface area (Å²) in [6.45, 7) is 5.28. The van der Waals surface area contributed by atoms with E-state index in [1.54, 1.807) is 24.2 Å². The zero-order chi connectivity index (χ0) is 13.3. The van der Waals surface area contributed by atoms with Crippen LogP contribution in [0.2, 0.25) is 0 Å². The molecule has 0 fully saturated rings. The van der Waals surface area contributed by atoms with Gasteiger partial charge in [-0.1, -0.05) is 25.6 Å². The predicted octanol–water partition coefficient (Wildman–Crippen LogP) is 2.10. The summed E-state index contributed by atoms with van der Waals surface area (Å²) in [5, 5.41) is 13.8. The lowest BCUT2D eigenvalue weighted by molar-refractivity contribution is 0.148. The molecule has 0 aliphatic rings. The Morgan fingerprint density at radius 2 is 2.06 bits per heavy atom. The Morgan fingerprint density at radius 1 is 1.33 bits per heavy atom. The zero-order valence-corrected chi connectivity index (χ0v) is 12.0. The van der Waals surface area contributed by atoms with Gasteiger partial charge in [0, 0.05) is 23.7 Å². The zero-order valence-electron chi connectivity index (χ0n) is 11.2. The summed E-state index contributed by atoms with van der Waals surface area (Å²) in [4.78, 5) is 8.35. The Labute approximate surface area is 114 Å². The minimum Gasteiger partial charge on any atom is -0.394 e. The number of likely N-dealkylation sites (N-methyl/N-ethyl adjacent to an activating group) is 1. The number of nitrogens with zero attached hydrogens (tertiary/aromatic N) is 2. The quantitative estimate of drug-likeness (QED) is 0.408. The Hall–Kier alpha value is -0.650. The molecule has 102 valence electrons. The molecule has 5 heteroatoms. The van der Waals surface area contributed by atoms with E-state index in [-0.39, 0.29) is 12.1 Å². The van der Waals surface area contributed by atoms with E-state index in [2.05, 4.69) is 29.1 Å². The number of aliphatic hydroxyl groups is 1. The molecule has 4 nitrogen and oxygen atoms in total. The molecule has 2 N–H and O–H groups in total. The Morgan fingerprint density at radius 3 is 2.61 bits per heavy atom. The first kappa shape index (κ1) is 15.4. The minimum atomic E-state index is -0.118. The number of aliphatic hydroxyl groups excluding tert-OH is 1. The summed E-state index contributed by atoms with van der Waals surface area (Å²) in [6, 6.07) is 1.82. The maximum atomic E-state index is 9.53. The monoisotopic (exact) mass is 269 g/mol. The van der Waals surface area contributed by atoms with Crippen LogP contribution in [0.25, 0.3) is 0 Å². The Bertz CT molecular complexity index is 317. The van der Waals surface area contributed by atoms with Gasteiger partial charge in [-0.15, -0.1) is 0 Å². The molecule has 0 radical (unpaired) electrons. The average molecular weight is 269 g/mol. The maximum absolute atomic E-state index is 9.53. The number of aromatic nitrogens is 2. The summed E-state index contributed by atoms with van der Waals surface area (Å²) in [5.41, 5.74) is -0.118. The molecule has 1 rings (SSSR count). The highest BCUT2D eigenvalue weighted by molar-refractivity contribution is 7.99. The molecule has 0 saturated heterocycles. The fraction of sp³-hybridized carbons (Fsp3) is 0.692. The van der Waals surface area contributed by atoms with Crippen LogP contribution in [0.1, 0.15) is 33.1 Å². The van der Waals surface area contributed by atoms with Gasteiger partial charge in [0.15, 0.2) is 5.16 Å². The van der Waals surface area contributed by atoms with Crippen molar-refractivity contribution in [3.63, 3.8) is 0 Å². The normalized spacial score (nSPS) is 14.4. The van der Waals surface area contributed by atoms with E-state index in [1.165, 1.54) is 0 Å². The van der Waals surface area contributed by atoms with Crippen LogP contribution in [0.3, 0.4) is 0 Å². The third kappa shape index (κ3) is 4.92. The fourth-order valence-electron chi connectivity index (χ4n) is 1.95. The SMILES string of the molecule is CCNC(CC)(CO)CCCSc1ncccn1. The molecule has 0 saturated carbocycles. The highest BCUT2D eigenvalue weighted by atomic mass is 32.2. The molecule has 0 aromatic carbocycles. The molecule has 1 aromatic heterocycles. The largest absolute Gasteiger partial charge is 0.394 e. The van der Waals surface area contributed by atoms with E-state index >= 15 is 0 Å². The minimum absolute atomic E-state index is 0.118.